The Labute approximate surface area is 190 Å². The molecule has 32 heavy (non-hydrogen) atoms. The molecule has 1 N–H and O–H groups in total. The second-order valence-corrected chi connectivity index (χ2v) is 8.80. The maximum absolute atomic E-state index is 12.7. The number of carbonyl (C=O) groups excluding carboxylic acids is 2. The Morgan fingerprint density at radius 3 is 2.56 bits per heavy atom. The number of hydrogen-bond acceptors (Lipinski definition) is 5. The van der Waals surface area contributed by atoms with Crippen molar-refractivity contribution in [1.29, 1.82) is 0 Å². The molecule has 1 aromatic heterocycles. The molecule has 2 amide bonds. The van der Waals surface area contributed by atoms with Crippen LogP contribution in [0.3, 0.4) is 0 Å². The predicted molar refractivity (Wildman–Crippen MR) is 124 cm³/mol. The number of nitrogens with zero attached hydrogens (tertiary/aromatic N) is 5. The Bertz CT molecular complexity index is 920. The van der Waals surface area contributed by atoms with Gasteiger partial charge < -0.3 is 10.2 Å². The lowest BCUT2D eigenvalue weighted by Crippen LogP contribution is -2.51. The summed E-state index contributed by atoms with van der Waals surface area (Å²) in [6.07, 6.45) is 1.28. The van der Waals surface area contributed by atoms with Gasteiger partial charge >= 0.3 is 0 Å². The zero-order valence-electron chi connectivity index (χ0n) is 19.2. The number of anilines is 1. The van der Waals surface area contributed by atoms with Gasteiger partial charge in [-0.15, -0.1) is 0 Å². The highest BCUT2D eigenvalue weighted by molar-refractivity contribution is 6.00. The molecule has 1 saturated heterocycles. The van der Waals surface area contributed by atoms with Gasteiger partial charge in [-0.2, -0.15) is 5.10 Å². The zero-order valence-corrected chi connectivity index (χ0v) is 19.2. The Kier molecular flexibility index (Phi) is 7.22. The minimum Gasteiger partial charge on any atom is -0.354 e. The first-order valence-electron chi connectivity index (χ1n) is 11.6. The summed E-state index contributed by atoms with van der Waals surface area (Å²) in [4.78, 5) is 31.8. The van der Waals surface area contributed by atoms with Crippen molar-refractivity contribution in [1.82, 2.24) is 24.9 Å². The number of benzene rings is 1. The number of nitrogens with one attached hydrogen (secondary N) is 1. The van der Waals surface area contributed by atoms with Crippen molar-refractivity contribution in [3.05, 3.63) is 47.7 Å². The van der Waals surface area contributed by atoms with E-state index in [9.17, 15) is 9.59 Å². The SMILES string of the molecule is Cc1cc2n(n1)CCC(=O)N2[C@H](C)C(=O)NCCCN1CCN(Cc2ccccc2)CC1. The lowest BCUT2D eigenvalue weighted by molar-refractivity contribution is -0.126. The van der Waals surface area contributed by atoms with E-state index in [2.05, 4.69) is 50.5 Å². The van der Waals surface area contributed by atoms with Gasteiger partial charge in [0.2, 0.25) is 11.8 Å². The van der Waals surface area contributed by atoms with Crippen molar-refractivity contribution < 1.29 is 9.59 Å². The highest BCUT2D eigenvalue weighted by atomic mass is 16.2. The number of hydrogen-bond donors (Lipinski definition) is 1. The van der Waals surface area contributed by atoms with Crippen LogP contribution in [0.25, 0.3) is 0 Å². The van der Waals surface area contributed by atoms with Crippen LogP contribution < -0.4 is 10.2 Å². The molecule has 3 heterocycles. The number of amides is 2. The third-order valence-electron chi connectivity index (χ3n) is 6.36. The molecule has 172 valence electrons. The average Bonchev–Trinajstić information content (AvgIpc) is 3.18. The molecule has 1 fully saturated rings. The van der Waals surface area contributed by atoms with Crippen LogP contribution in [0.4, 0.5) is 5.82 Å². The summed E-state index contributed by atoms with van der Waals surface area (Å²) >= 11 is 0. The molecule has 1 atom stereocenters. The summed E-state index contributed by atoms with van der Waals surface area (Å²) in [5, 5.41) is 7.43. The summed E-state index contributed by atoms with van der Waals surface area (Å²) in [6, 6.07) is 11.9. The van der Waals surface area contributed by atoms with Gasteiger partial charge in [-0.05, 0) is 32.4 Å². The summed E-state index contributed by atoms with van der Waals surface area (Å²) < 4.78 is 1.82. The number of aryl methyl sites for hydroxylation is 2. The summed E-state index contributed by atoms with van der Waals surface area (Å²) in [5.74, 6) is 0.585. The first-order chi connectivity index (χ1) is 15.5. The highest BCUT2D eigenvalue weighted by Crippen LogP contribution is 2.24. The molecule has 2 aliphatic rings. The second kappa shape index (κ2) is 10.3. The van der Waals surface area contributed by atoms with E-state index in [1.165, 1.54) is 5.56 Å². The minimum absolute atomic E-state index is 0.0200. The monoisotopic (exact) mass is 438 g/mol. The van der Waals surface area contributed by atoms with Gasteiger partial charge in [0.15, 0.2) is 0 Å². The number of aromatic nitrogens is 2. The van der Waals surface area contributed by atoms with Crippen LogP contribution in [0.2, 0.25) is 0 Å². The molecular formula is C24H34N6O2. The Morgan fingerprint density at radius 1 is 1.09 bits per heavy atom. The van der Waals surface area contributed by atoms with Crippen LogP contribution in [0.5, 0.6) is 0 Å². The van der Waals surface area contributed by atoms with Crippen molar-refractivity contribution in [3.63, 3.8) is 0 Å². The Balaban J connectivity index is 1.17. The van der Waals surface area contributed by atoms with Gasteiger partial charge in [-0.25, -0.2) is 4.68 Å². The van der Waals surface area contributed by atoms with Crippen LogP contribution >= 0.6 is 0 Å². The van der Waals surface area contributed by atoms with Crippen LogP contribution in [-0.2, 0) is 22.7 Å². The van der Waals surface area contributed by atoms with Crippen molar-refractivity contribution in [2.75, 3.05) is 44.2 Å². The van der Waals surface area contributed by atoms with Crippen molar-refractivity contribution >= 4 is 17.6 Å². The standard InChI is InChI=1S/C24H34N6O2/c1-19-17-22-29(26-19)12-9-23(31)30(22)20(2)24(32)25-10-6-11-27-13-15-28(16-14-27)18-21-7-4-3-5-8-21/h3-5,7-8,17,20H,6,9-16,18H2,1-2H3,(H,25,32)/t20-/m1/s1. The van der Waals surface area contributed by atoms with Crippen LogP contribution in [0, 0.1) is 6.92 Å². The fraction of sp³-hybridized carbons (Fsp3) is 0.542. The summed E-state index contributed by atoms with van der Waals surface area (Å²) in [5.41, 5.74) is 2.22. The van der Waals surface area contributed by atoms with E-state index < -0.39 is 6.04 Å². The van der Waals surface area contributed by atoms with Gasteiger partial charge in [0.05, 0.1) is 12.2 Å². The molecule has 8 heteroatoms. The molecule has 2 aromatic rings. The lowest BCUT2D eigenvalue weighted by Gasteiger charge is -2.35. The molecule has 0 unspecified atom stereocenters. The maximum atomic E-state index is 12.7. The molecule has 1 aromatic carbocycles. The number of piperazine rings is 1. The quantitative estimate of drug-likeness (QED) is 0.635. The first-order valence-corrected chi connectivity index (χ1v) is 11.6. The first kappa shape index (κ1) is 22.5. The van der Waals surface area contributed by atoms with Gasteiger partial charge in [-0.3, -0.25) is 19.4 Å². The average molecular weight is 439 g/mol. The summed E-state index contributed by atoms with van der Waals surface area (Å²) in [7, 11) is 0. The zero-order chi connectivity index (χ0) is 22.5. The minimum atomic E-state index is -0.542. The van der Waals surface area contributed by atoms with Gasteiger partial charge in [0.25, 0.3) is 0 Å². The van der Waals surface area contributed by atoms with E-state index in [-0.39, 0.29) is 11.8 Å². The van der Waals surface area contributed by atoms with Crippen LogP contribution in [-0.4, -0.2) is 76.7 Å². The van der Waals surface area contributed by atoms with Crippen LogP contribution in [0.15, 0.2) is 36.4 Å². The number of rotatable bonds is 8. The third-order valence-corrected chi connectivity index (χ3v) is 6.36. The smallest absolute Gasteiger partial charge is 0.242 e. The molecule has 0 spiro atoms. The van der Waals surface area contributed by atoms with E-state index in [0.29, 0.717) is 19.5 Å². The molecule has 0 aliphatic carbocycles. The van der Waals surface area contributed by atoms with Gasteiger partial charge in [0.1, 0.15) is 11.9 Å². The van der Waals surface area contributed by atoms with Crippen LogP contribution in [0.1, 0.15) is 31.0 Å². The fourth-order valence-electron chi connectivity index (χ4n) is 4.55. The normalized spacial score (nSPS) is 18.4. The van der Waals surface area contributed by atoms with Crippen molar-refractivity contribution in [3.8, 4) is 0 Å². The van der Waals surface area contributed by atoms with Crippen molar-refractivity contribution in [2.45, 2.75) is 45.8 Å². The maximum Gasteiger partial charge on any atom is 0.242 e. The molecule has 0 saturated carbocycles. The van der Waals surface area contributed by atoms with E-state index >= 15 is 0 Å². The topological polar surface area (TPSA) is 73.7 Å². The number of fused-ring (bicyclic) bond motifs is 1. The van der Waals surface area contributed by atoms with Gasteiger partial charge in [0, 0.05) is 51.8 Å². The van der Waals surface area contributed by atoms with E-state index in [1.54, 1.807) is 11.8 Å². The molecule has 0 radical (unpaired) electrons. The molecule has 8 nitrogen and oxygen atoms in total. The Hall–Kier alpha value is -2.71. The van der Waals surface area contributed by atoms with E-state index in [0.717, 1.165) is 57.2 Å². The highest BCUT2D eigenvalue weighted by Gasteiger charge is 2.33. The molecule has 4 rings (SSSR count). The third kappa shape index (κ3) is 5.37. The predicted octanol–water partition coefficient (Wildman–Crippen LogP) is 1.64. The van der Waals surface area contributed by atoms with Gasteiger partial charge in [-0.1, -0.05) is 30.3 Å². The fourth-order valence-corrected chi connectivity index (χ4v) is 4.55. The lowest BCUT2D eigenvalue weighted by atomic mass is 10.2. The van der Waals surface area contributed by atoms with E-state index in [1.807, 2.05) is 17.7 Å². The summed E-state index contributed by atoms with van der Waals surface area (Å²) in [6.45, 7) is 11.1. The molecule has 0 bridgehead atoms. The van der Waals surface area contributed by atoms with Crippen molar-refractivity contribution in [2.24, 2.45) is 0 Å². The largest absolute Gasteiger partial charge is 0.354 e. The molecule has 2 aliphatic heterocycles. The second-order valence-electron chi connectivity index (χ2n) is 8.80. The Morgan fingerprint density at radius 2 is 1.81 bits per heavy atom. The number of carbonyl (C=O) groups is 2. The molecular weight excluding hydrogens is 404 g/mol. The van der Waals surface area contributed by atoms with E-state index in [4.69, 9.17) is 0 Å².